The number of likely N-dealkylation sites (N-methyl/N-ethyl adjacent to an activating group) is 1. The van der Waals surface area contributed by atoms with Crippen molar-refractivity contribution in [1.82, 2.24) is 4.90 Å². The lowest BCUT2D eigenvalue weighted by atomic mass is 9.81. The number of nitrogens with zero attached hydrogens (tertiary/aromatic N) is 2. The Bertz CT molecular complexity index is 513. The molecule has 3 rings (SSSR count). The van der Waals surface area contributed by atoms with Crippen molar-refractivity contribution in [2.75, 3.05) is 32.1 Å². The molecule has 3 nitrogen and oxygen atoms in total. The van der Waals surface area contributed by atoms with E-state index in [4.69, 9.17) is 4.74 Å². The highest BCUT2D eigenvalue weighted by Gasteiger charge is 2.52. The first kappa shape index (κ1) is 12.5. The maximum absolute atomic E-state index is 5.39. The maximum Gasteiger partial charge on any atom is 0.119 e. The van der Waals surface area contributed by atoms with Crippen molar-refractivity contribution in [2.45, 2.75) is 24.9 Å². The fraction of sp³-hybridized carbons (Fsp3) is 0.500. The zero-order chi connectivity index (χ0) is 13.6. The Morgan fingerprint density at radius 3 is 3.00 bits per heavy atom. The van der Waals surface area contributed by atoms with E-state index in [9.17, 15) is 0 Å². The predicted octanol–water partition coefficient (Wildman–Crippen LogP) is 2.62. The second-order valence-electron chi connectivity index (χ2n) is 5.82. The highest BCUT2D eigenvalue weighted by molar-refractivity contribution is 5.66. The highest BCUT2D eigenvalue weighted by atomic mass is 16.5. The summed E-state index contributed by atoms with van der Waals surface area (Å²) >= 11 is 0. The summed E-state index contributed by atoms with van der Waals surface area (Å²) in [5, 5.41) is 0. The molecule has 2 unspecified atom stereocenters. The van der Waals surface area contributed by atoms with Crippen molar-refractivity contribution in [1.29, 1.82) is 0 Å². The van der Waals surface area contributed by atoms with Gasteiger partial charge in [0.05, 0.1) is 13.3 Å². The van der Waals surface area contributed by atoms with Gasteiger partial charge in [-0.1, -0.05) is 13.0 Å². The van der Waals surface area contributed by atoms with Gasteiger partial charge < -0.3 is 9.64 Å². The third-order valence-electron chi connectivity index (χ3n) is 4.76. The molecule has 1 fully saturated rings. The van der Waals surface area contributed by atoms with Crippen LogP contribution in [-0.2, 0) is 5.41 Å². The number of benzene rings is 1. The average molecular weight is 258 g/mol. The first-order chi connectivity index (χ1) is 9.11. The molecule has 19 heavy (non-hydrogen) atoms. The van der Waals surface area contributed by atoms with Crippen LogP contribution in [0.5, 0.6) is 5.75 Å². The van der Waals surface area contributed by atoms with Crippen molar-refractivity contribution in [3.63, 3.8) is 0 Å². The Kier molecular flexibility index (Phi) is 2.82. The van der Waals surface area contributed by atoms with Gasteiger partial charge in [-0.05, 0) is 30.2 Å². The molecule has 1 aromatic carbocycles. The summed E-state index contributed by atoms with van der Waals surface area (Å²) < 4.78 is 5.39. The first-order valence-corrected chi connectivity index (χ1v) is 6.88. The fourth-order valence-corrected chi connectivity index (χ4v) is 3.87. The minimum absolute atomic E-state index is 0.196. The van der Waals surface area contributed by atoms with Gasteiger partial charge in [-0.25, -0.2) is 0 Å². The average Bonchev–Trinajstić information content (AvgIpc) is 2.85. The topological polar surface area (TPSA) is 15.7 Å². The lowest BCUT2D eigenvalue weighted by Gasteiger charge is -2.34. The van der Waals surface area contributed by atoms with Crippen molar-refractivity contribution >= 4 is 5.69 Å². The number of likely N-dealkylation sites (tertiary alicyclic amines) is 1. The van der Waals surface area contributed by atoms with E-state index in [1.54, 1.807) is 7.11 Å². The molecule has 0 spiro atoms. The van der Waals surface area contributed by atoms with Gasteiger partial charge in [0, 0.05) is 31.2 Å². The number of ether oxygens (including phenoxy) is 1. The van der Waals surface area contributed by atoms with Gasteiger partial charge in [0.15, 0.2) is 0 Å². The molecule has 0 radical (unpaired) electrons. The monoisotopic (exact) mass is 258 g/mol. The van der Waals surface area contributed by atoms with Gasteiger partial charge in [-0.2, -0.15) is 0 Å². The lowest BCUT2D eigenvalue weighted by Crippen LogP contribution is -2.47. The number of rotatable bonds is 3. The number of hydrogen-bond acceptors (Lipinski definition) is 3. The quantitative estimate of drug-likeness (QED) is 0.775. The SMILES string of the molecule is C=CCN1CCC2(C)c3cc(OC)ccc3N(C)C12. The van der Waals surface area contributed by atoms with E-state index in [2.05, 4.69) is 48.5 Å². The van der Waals surface area contributed by atoms with Crippen molar-refractivity contribution < 1.29 is 4.74 Å². The standard InChI is InChI=1S/C16H22N2O/c1-5-9-18-10-8-16(2)13-11-12(19-4)6-7-14(13)17(3)15(16)18/h5-7,11,15H,1,8-10H2,2-4H3. The Morgan fingerprint density at radius 1 is 1.53 bits per heavy atom. The summed E-state index contributed by atoms with van der Waals surface area (Å²) in [6.07, 6.45) is 3.63. The smallest absolute Gasteiger partial charge is 0.119 e. The van der Waals surface area contributed by atoms with E-state index in [0.717, 1.165) is 18.8 Å². The van der Waals surface area contributed by atoms with Crippen LogP contribution < -0.4 is 9.64 Å². The number of methoxy groups -OCH3 is 1. The summed E-state index contributed by atoms with van der Waals surface area (Å²) in [7, 11) is 3.93. The fourth-order valence-electron chi connectivity index (χ4n) is 3.87. The normalized spacial score (nSPS) is 29.2. The van der Waals surface area contributed by atoms with Crippen LogP contribution in [0.3, 0.4) is 0 Å². The Morgan fingerprint density at radius 2 is 2.32 bits per heavy atom. The summed E-state index contributed by atoms with van der Waals surface area (Å²) in [5.41, 5.74) is 2.95. The van der Waals surface area contributed by atoms with Crippen molar-refractivity contribution in [3.05, 3.63) is 36.4 Å². The van der Waals surface area contributed by atoms with Crippen LogP contribution in [0.15, 0.2) is 30.9 Å². The predicted molar refractivity (Wildman–Crippen MR) is 78.9 cm³/mol. The summed E-state index contributed by atoms with van der Waals surface area (Å²) in [6.45, 7) is 8.35. The highest BCUT2D eigenvalue weighted by Crippen LogP contribution is 2.52. The maximum atomic E-state index is 5.39. The number of anilines is 1. The molecular weight excluding hydrogens is 236 g/mol. The Labute approximate surface area is 115 Å². The Hall–Kier alpha value is -1.48. The van der Waals surface area contributed by atoms with Gasteiger partial charge in [0.2, 0.25) is 0 Å². The van der Waals surface area contributed by atoms with E-state index in [1.807, 2.05) is 6.08 Å². The number of hydrogen-bond donors (Lipinski definition) is 0. The molecule has 1 saturated heterocycles. The molecule has 0 amide bonds. The lowest BCUT2D eigenvalue weighted by molar-refractivity contribution is 0.245. The summed E-state index contributed by atoms with van der Waals surface area (Å²) in [5.74, 6) is 0.955. The van der Waals surface area contributed by atoms with Crippen LogP contribution in [0.4, 0.5) is 5.69 Å². The largest absolute Gasteiger partial charge is 0.497 e. The molecule has 1 aromatic rings. The van der Waals surface area contributed by atoms with Crippen molar-refractivity contribution in [3.8, 4) is 5.75 Å². The zero-order valence-electron chi connectivity index (χ0n) is 12.0. The summed E-state index contributed by atoms with van der Waals surface area (Å²) in [6, 6.07) is 6.45. The van der Waals surface area contributed by atoms with Gasteiger partial charge >= 0.3 is 0 Å². The third-order valence-corrected chi connectivity index (χ3v) is 4.76. The van der Waals surface area contributed by atoms with Crippen LogP contribution in [0.25, 0.3) is 0 Å². The molecule has 2 aliphatic rings. The van der Waals surface area contributed by atoms with Crippen LogP contribution in [0.2, 0.25) is 0 Å². The molecule has 0 N–H and O–H groups in total. The second kappa shape index (κ2) is 4.27. The summed E-state index contributed by atoms with van der Waals surface area (Å²) in [4.78, 5) is 4.92. The van der Waals surface area contributed by atoms with Crippen molar-refractivity contribution in [2.24, 2.45) is 0 Å². The first-order valence-electron chi connectivity index (χ1n) is 6.88. The van der Waals surface area contributed by atoms with Gasteiger partial charge in [-0.15, -0.1) is 6.58 Å². The zero-order valence-corrected chi connectivity index (χ0v) is 12.0. The molecule has 0 aromatic heterocycles. The van der Waals surface area contributed by atoms with Gasteiger partial charge in [-0.3, -0.25) is 4.90 Å². The molecule has 2 aliphatic heterocycles. The molecule has 0 aliphatic carbocycles. The van der Waals surface area contributed by atoms with Gasteiger partial charge in [0.25, 0.3) is 0 Å². The van der Waals surface area contributed by atoms with Gasteiger partial charge in [0.1, 0.15) is 5.75 Å². The minimum Gasteiger partial charge on any atom is -0.497 e. The molecule has 0 bridgehead atoms. The molecule has 2 heterocycles. The molecule has 0 saturated carbocycles. The van der Waals surface area contributed by atoms with Crippen LogP contribution in [-0.4, -0.2) is 38.3 Å². The van der Waals surface area contributed by atoms with E-state index >= 15 is 0 Å². The Balaban J connectivity index is 2.06. The van der Waals surface area contributed by atoms with E-state index in [-0.39, 0.29) is 5.41 Å². The minimum atomic E-state index is 0.196. The number of fused-ring (bicyclic) bond motifs is 3. The van der Waals surface area contributed by atoms with Crippen LogP contribution in [0.1, 0.15) is 18.9 Å². The molecule has 2 atom stereocenters. The second-order valence-corrected chi connectivity index (χ2v) is 5.82. The van der Waals surface area contributed by atoms with E-state index < -0.39 is 0 Å². The molecule has 3 heteroatoms. The van der Waals surface area contributed by atoms with E-state index in [1.165, 1.54) is 17.7 Å². The third kappa shape index (κ3) is 1.61. The van der Waals surface area contributed by atoms with Crippen LogP contribution >= 0.6 is 0 Å². The molecule has 102 valence electrons. The molecular formula is C16H22N2O. The van der Waals surface area contributed by atoms with E-state index in [0.29, 0.717) is 6.17 Å². The van der Waals surface area contributed by atoms with Crippen LogP contribution in [0, 0.1) is 0 Å².